The Morgan fingerprint density at radius 3 is 1.88 bits per heavy atom. The molecule has 0 aliphatic carbocycles. The van der Waals surface area contributed by atoms with Crippen LogP contribution in [0.1, 0.15) is 36.7 Å². The Morgan fingerprint density at radius 2 is 1.46 bits per heavy atom. The van der Waals surface area contributed by atoms with E-state index in [0.29, 0.717) is 5.56 Å². The van der Waals surface area contributed by atoms with Crippen molar-refractivity contribution in [2.45, 2.75) is 39.3 Å². The zero-order valence-corrected chi connectivity index (χ0v) is 15.3. The number of carboxylic acids is 1. The van der Waals surface area contributed by atoms with E-state index in [-0.39, 0.29) is 5.92 Å². The molecule has 0 aliphatic heterocycles. The van der Waals surface area contributed by atoms with Crippen molar-refractivity contribution < 1.29 is 19.8 Å². The molecule has 26 heavy (non-hydrogen) atoms. The predicted octanol–water partition coefficient (Wildman–Crippen LogP) is 3.12. The molecule has 0 spiro atoms. The second-order valence-electron chi connectivity index (χ2n) is 6.65. The lowest BCUT2D eigenvalue weighted by Gasteiger charge is -2.23. The number of aliphatic hydroxyl groups excluding tert-OH is 1. The summed E-state index contributed by atoms with van der Waals surface area (Å²) in [4.78, 5) is 23.7. The first kappa shape index (κ1) is 19.7. The Kier molecular flexibility index (Phi) is 6.52. The SMILES string of the molecule is CCc1ccc(-c2ccc(C(=O)NC(C(=O)O)C(O)C(C)C)cc2)cc1. The van der Waals surface area contributed by atoms with Crippen molar-refractivity contribution >= 4 is 11.9 Å². The zero-order valence-electron chi connectivity index (χ0n) is 15.3. The maximum absolute atomic E-state index is 12.3. The molecule has 2 unspecified atom stereocenters. The van der Waals surface area contributed by atoms with Crippen LogP contribution in [0.15, 0.2) is 48.5 Å². The molecule has 1 amide bonds. The van der Waals surface area contributed by atoms with Gasteiger partial charge in [-0.1, -0.05) is 57.2 Å². The summed E-state index contributed by atoms with van der Waals surface area (Å²) >= 11 is 0. The zero-order chi connectivity index (χ0) is 19.3. The summed E-state index contributed by atoms with van der Waals surface area (Å²) in [6.07, 6.45) is -0.181. The first-order chi connectivity index (χ1) is 12.3. The lowest BCUT2D eigenvalue weighted by molar-refractivity contribution is -0.143. The Hall–Kier alpha value is -2.66. The summed E-state index contributed by atoms with van der Waals surface area (Å²) in [5.41, 5.74) is 3.63. The molecule has 2 atom stereocenters. The van der Waals surface area contributed by atoms with Crippen LogP contribution < -0.4 is 5.32 Å². The van der Waals surface area contributed by atoms with E-state index in [1.807, 2.05) is 24.3 Å². The fraction of sp³-hybridized carbons (Fsp3) is 0.333. The maximum atomic E-state index is 12.3. The third-order valence-electron chi connectivity index (χ3n) is 4.42. The molecule has 3 N–H and O–H groups in total. The molecule has 0 heterocycles. The first-order valence-electron chi connectivity index (χ1n) is 8.74. The standard InChI is InChI=1S/C21H25NO4/c1-4-14-5-7-15(8-6-14)16-9-11-17(12-10-16)20(24)22-18(21(25)26)19(23)13(2)3/h5-13,18-19,23H,4H2,1-3H3,(H,22,24)(H,25,26). The van der Waals surface area contributed by atoms with Gasteiger partial charge in [-0.15, -0.1) is 0 Å². The Morgan fingerprint density at radius 1 is 0.962 bits per heavy atom. The average molecular weight is 355 g/mol. The topological polar surface area (TPSA) is 86.6 Å². The minimum Gasteiger partial charge on any atom is -0.480 e. The van der Waals surface area contributed by atoms with Crippen molar-refractivity contribution in [2.24, 2.45) is 5.92 Å². The smallest absolute Gasteiger partial charge is 0.328 e. The van der Waals surface area contributed by atoms with Crippen LogP contribution in [-0.2, 0) is 11.2 Å². The molecule has 0 bridgehead atoms. The van der Waals surface area contributed by atoms with Crippen LogP contribution in [0.2, 0.25) is 0 Å². The summed E-state index contributed by atoms with van der Waals surface area (Å²) in [6.45, 7) is 5.50. The van der Waals surface area contributed by atoms with Gasteiger partial charge in [0.05, 0.1) is 6.10 Å². The lowest BCUT2D eigenvalue weighted by Crippen LogP contribution is -2.50. The van der Waals surface area contributed by atoms with Crippen molar-refractivity contribution in [1.82, 2.24) is 5.32 Å². The maximum Gasteiger partial charge on any atom is 0.328 e. The number of hydrogen-bond acceptors (Lipinski definition) is 3. The Labute approximate surface area is 153 Å². The van der Waals surface area contributed by atoms with Crippen LogP contribution in [0.3, 0.4) is 0 Å². The van der Waals surface area contributed by atoms with Gasteiger partial charge in [0.15, 0.2) is 6.04 Å². The van der Waals surface area contributed by atoms with Crippen molar-refractivity contribution in [3.05, 3.63) is 59.7 Å². The monoisotopic (exact) mass is 355 g/mol. The van der Waals surface area contributed by atoms with Gasteiger partial charge in [-0.3, -0.25) is 4.79 Å². The fourth-order valence-electron chi connectivity index (χ4n) is 2.65. The van der Waals surface area contributed by atoms with Crippen LogP contribution in [0.4, 0.5) is 0 Å². The van der Waals surface area contributed by atoms with Gasteiger partial charge >= 0.3 is 5.97 Å². The molecule has 0 aromatic heterocycles. The van der Waals surface area contributed by atoms with Crippen molar-refractivity contribution in [2.75, 3.05) is 0 Å². The number of amides is 1. The van der Waals surface area contributed by atoms with Crippen LogP contribution in [0, 0.1) is 5.92 Å². The number of carbonyl (C=O) groups is 2. The largest absolute Gasteiger partial charge is 0.480 e. The van der Waals surface area contributed by atoms with E-state index in [2.05, 4.69) is 24.4 Å². The van der Waals surface area contributed by atoms with E-state index in [1.165, 1.54) is 5.56 Å². The third-order valence-corrected chi connectivity index (χ3v) is 4.42. The molecule has 5 heteroatoms. The normalized spacial score (nSPS) is 13.3. The second-order valence-corrected chi connectivity index (χ2v) is 6.65. The molecule has 5 nitrogen and oxygen atoms in total. The Balaban J connectivity index is 2.13. The van der Waals surface area contributed by atoms with Gasteiger partial charge < -0.3 is 15.5 Å². The van der Waals surface area contributed by atoms with Gasteiger partial charge in [0.1, 0.15) is 0 Å². The average Bonchev–Trinajstić information content (AvgIpc) is 2.65. The minimum atomic E-state index is -1.34. The predicted molar refractivity (Wildman–Crippen MR) is 101 cm³/mol. The van der Waals surface area contributed by atoms with Crippen LogP contribution >= 0.6 is 0 Å². The lowest BCUT2D eigenvalue weighted by atomic mass is 9.99. The van der Waals surface area contributed by atoms with Gasteiger partial charge in [0, 0.05) is 5.56 Å². The first-order valence-corrected chi connectivity index (χ1v) is 8.74. The molecular weight excluding hydrogens is 330 g/mol. The van der Waals surface area contributed by atoms with Gasteiger partial charge in [0.2, 0.25) is 0 Å². The highest BCUT2D eigenvalue weighted by Crippen LogP contribution is 2.21. The minimum absolute atomic E-state index is 0.287. The number of hydrogen-bond donors (Lipinski definition) is 3. The number of carboxylic acid groups (broad SMARTS) is 1. The number of benzene rings is 2. The quantitative estimate of drug-likeness (QED) is 0.712. The number of rotatable bonds is 7. The van der Waals surface area contributed by atoms with E-state index < -0.39 is 24.0 Å². The highest BCUT2D eigenvalue weighted by atomic mass is 16.4. The molecule has 0 fully saturated rings. The number of aliphatic carboxylic acids is 1. The van der Waals surface area contributed by atoms with E-state index in [4.69, 9.17) is 0 Å². The Bertz CT molecular complexity index is 751. The van der Waals surface area contributed by atoms with Gasteiger partial charge in [-0.2, -0.15) is 0 Å². The van der Waals surface area contributed by atoms with Crippen molar-refractivity contribution in [3.8, 4) is 11.1 Å². The van der Waals surface area contributed by atoms with Crippen molar-refractivity contribution in [3.63, 3.8) is 0 Å². The van der Waals surface area contributed by atoms with Gasteiger partial charge in [-0.05, 0) is 41.2 Å². The molecule has 2 aromatic rings. The summed E-state index contributed by atoms with van der Waals surface area (Å²) in [5.74, 6) is -2.07. The summed E-state index contributed by atoms with van der Waals surface area (Å²) < 4.78 is 0. The fourth-order valence-corrected chi connectivity index (χ4v) is 2.65. The summed E-state index contributed by atoms with van der Waals surface area (Å²) in [6, 6.07) is 13.8. The molecule has 0 radical (unpaired) electrons. The van der Waals surface area contributed by atoms with Crippen LogP contribution in [0.25, 0.3) is 11.1 Å². The highest BCUT2D eigenvalue weighted by molar-refractivity contribution is 5.97. The number of aryl methyl sites for hydroxylation is 1. The molecule has 2 aromatic carbocycles. The third kappa shape index (κ3) is 4.70. The van der Waals surface area contributed by atoms with Crippen molar-refractivity contribution in [1.29, 1.82) is 0 Å². The van der Waals surface area contributed by atoms with E-state index in [0.717, 1.165) is 17.5 Å². The molecular formula is C21H25NO4. The summed E-state index contributed by atoms with van der Waals surface area (Å²) in [5, 5.41) is 21.6. The molecule has 138 valence electrons. The number of carbonyl (C=O) groups excluding carboxylic acids is 1. The van der Waals surface area contributed by atoms with Crippen LogP contribution in [0.5, 0.6) is 0 Å². The molecule has 2 rings (SSSR count). The van der Waals surface area contributed by atoms with E-state index >= 15 is 0 Å². The van der Waals surface area contributed by atoms with E-state index in [9.17, 15) is 19.8 Å². The van der Waals surface area contributed by atoms with E-state index in [1.54, 1.807) is 26.0 Å². The number of aliphatic hydroxyl groups is 1. The van der Waals surface area contributed by atoms with Gasteiger partial charge in [0.25, 0.3) is 5.91 Å². The van der Waals surface area contributed by atoms with Gasteiger partial charge in [-0.25, -0.2) is 4.79 Å². The second kappa shape index (κ2) is 8.63. The summed E-state index contributed by atoms with van der Waals surface area (Å²) in [7, 11) is 0. The molecule has 0 saturated carbocycles. The highest BCUT2D eigenvalue weighted by Gasteiger charge is 2.30. The molecule has 0 aliphatic rings. The molecule has 0 saturated heterocycles. The van der Waals surface area contributed by atoms with Crippen LogP contribution in [-0.4, -0.2) is 34.2 Å². The number of nitrogens with one attached hydrogen (secondary N) is 1.